The molecule has 0 heterocycles. The molecule has 0 aromatic heterocycles. The Morgan fingerprint density at radius 1 is 1.62 bits per heavy atom. The summed E-state index contributed by atoms with van der Waals surface area (Å²) in [5.41, 5.74) is -2.38. The molecule has 0 aromatic carbocycles. The Hall–Kier alpha value is -0.880. The molecule has 0 saturated heterocycles. The van der Waals surface area contributed by atoms with Gasteiger partial charge in [-0.15, -0.1) is 0 Å². The van der Waals surface area contributed by atoms with Gasteiger partial charge >= 0.3 is 0 Å². The number of nitriles is 1. The number of hydrogen-bond donors (Lipinski definition) is 1. The van der Waals surface area contributed by atoms with Crippen LogP contribution in [0.15, 0.2) is 0 Å². The highest BCUT2D eigenvalue weighted by molar-refractivity contribution is 5.86. The van der Waals surface area contributed by atoms with Crippen molar-refractivity contribution < 1.29 is 9.90 Å². The molecule has 0 amide bonds. The standard InChI is InChI=1S/C10H15NO2/c1-9(10(2,13)7-11)6-4-3-5-8(9)12/h13H,3-6H2,1-2H3. The number of hydrogen-bond acceptors (Lipinski definition) is 3. The van der Waals surface area contributed by atoms with Crippen LogP contribution in [0.1, 0.15) is 39.5 Å². The van der Waals surface area contributed by atoms with E-state index < -0.39 is 11.0 Å². The maximum Gasteiger partial charge on any atom is 0.160 e. The second-order valence-corrected chi connectivity index (χ2v) is 4.15. The molecule has 1 N–H and O–H groups in total. The SMILES string of the molecule is CC(O)(C#N)C1(C)CCCCC1=O. The minimum atomic E-state index is -1.52. The molecule has 2 unspecified atom stereocenters. The van der Waals surface area contributed by atoms with E-state index in [1.54, 1.807) is 6.92 Å². The van der Waals surface area contributed by atoms with Gasteiger partial charge in [-0.25, -0.2) is 0 Å². The van der Waals surface area contributed by atoms with Crippen molar-refractivity contribution in [2.75, 3.05) is 0 Å². The van der Waals surface area contributed by atoms with Gasteiger partial charge in [0.15, 0.2) is 5.60 Å². The van der Waals surface area contributed by atoms with E-state index in [9.17, 15) is 9.90 Å². The van der Waals surface area contributed by atoms with Crippen LogP contribution in [-0.2, 0) is 4.79 Å². The Morgan fingerprint density at radius 3 is 2.69 bits per heavy atom. The lowest BCUT2D eigenvalue weighted by Crippen LogP contribution is -2.49. The lowest BCUT2D eigenvalue weighted by Gasteiger charge is -2.39. The molecule has 1 fully saturated rings. The maximum atomic E-state index is 11.6. The highest BCUT2D eigenvalue weighted by atomic mass is 16.3. The van der Waals surface area contributed by atoms with Crippen LogP contribution in [-0.4, -0.2) is 16.5 Å². The van der Waals surface area contributed by atoms with Gasteiger partial charge in [-0.3, -0.25) is 4.79 Å². The van der Waals surface area contributed by atoms with E-state index in [0.717, 1.165) is 12.8 Å². The van der Waals surface area contributed by atoms with E-state index in [1.165, 1.54) is 6.92 Å². The van der Waals surface area contributed by atoms with Crippen LogP contribution in [0.4, 0.5) is 0 Å². The van der Waals surface area contributed by atoms with Gasteiger partial charge in [0.25, 0.3) is 0 Å². The third kappa shape index (κ3) is 1.47. The van der Waals surface area contributed by atoms with E-state index in [2.05, 4.69) is 0 Å². The van der Waals surface area contributed by atoms with Crippen LogP contribution in [0.25, 0.3) is 0 Å². The van der Waals surface area contributed by atoms with Gasteiger partial charge in [0, 0.05) is 6.42 Å². The number of ketones is 1. The molecule has 1 aliphatic rings. The summed E-state index contributed by atoms with van der Waals surface area (Å²) >= 11 is 0. The number of Topliss-reactive ketones (excluding diaryl/α,β-unsaturated/α-hetero) is 1. The summed E-state index contributed by atoms with van der Waals surface area (Å²) in [6.45, 7) is 3.12. The quantitative estimate of drug-likeness (QED) is 0.622. The van der Waals surface area contributed by atoms with Crippen molar-refractivity contribution in [1.29, 1.82) is 5.26 Å². The molecule has 0 radical (unpaired) electrons. The number of nitrogens with zero attached hydrogens (tertiary/aromatic N) is 1. The molecule has 72 valence electrons. The molecule has 3 nitrogen and oxygen atoms in total. The number of aliphatic hydroxyl groups is 1. The summed E-state index contributed by atoms with van der Waals surface area (Å²) in [5, 5.41) is 18.6. The van der Waals surface area contributed by atoms with E-state index in [1.807, 2.05) is 6.07 Å². The zero-order chi connectivity index (χ0) is 10.1. The van der Waals surface area contributed by atoms with Gasteiger partial charge in [-0.1, -0.05) is 6.42 Å². The zero-order valence-electron chi connectivity index (χ0n) is 8.13. The first kappa shape index (κ1) is 10.2. The molecule has 1 aliphatic carbocycles. The molecule has 0 spiro atoms. The zero-order valence-corrected chi connectivity index (χ0v) is 8.13. The summed E-state index contributed by atoms with van der Waals surface area (Å²) in [7, 11) is 0. The van der Waals surface area contributed by atoms with Gasteiger partial charge in [-0.2, -0.15) is 5.26 Å². The first-order valence-electron chi connectivity index (χ1n) is 4.61. The molecule has 13 heavy (non-hydrogen) atoms. The van der Waals surface area contributed by atoms with Crippen LogP contribution in [0, 0.1) is 16.7 Å². The van der Waals surface area contributed by atoms with Crippen LogP contribution >= 0.6 is 0 Å². The van der Waals surface area contributed by atoms with Gasteiger partial charge in [-0.05, 0) is 26.7 Å². The molecule has 1 saturated carbocycles. The monoisotopic (exact) mass is 181 g/mol. The Balaban J connectivity index is 2.98. The first-order valence-corrected chi connectivity index (χ1v) is 4.61. The predicted octanol–water partition coefficient (Wildman–Crippen LogP) is 1.41. The van der Waals surface area contributed by atoms with Crippen LogP contribution in [0.5, 0.6) is 0 Å². The van der Waals surface area contributed by atoms with Crippen molar-refractivity contribution in [1.82, 2.24) is 0 Å². The molecule has 0 aliphatic heterocycles. The molecular formula is C10H15NO2. The average molecular weight is 181 g/mol. The second kappa shape index (κ2) is 3.12. The van der Waals surface area contributed by atoms with E-state index in [4.69, 9.17) is 5.26 Å². The molecule has 1 rings (SSSR count). The Morgan fingerprint density at radius 2 is 2.23 bits per heavy atom. The van der Waals surface area contributed by atoms with E-state index in [-0.39, 0.29) is 5.78 Å². The lowest BCUT2D eigenvalue weighted by molar-refractivity contribution is -0.142. The fraction of sp³-hybridized carbons (Fsp3) is 0.800. The molecule has 0 aromatic rings. The second-order valence-electron chi connectivity index (χ2n) is 4.15. The largest absolute Gasteiger partial charge is 0.375 e. The predicted molar refractivity (Wildman–Crippen MR) is 47.8 cm³/mol. The average Bonchev–Trinajstić information content (AvgIpc) is 2.10. The van der Waals surface area contributed by atoms with Gasteiger partial charge in [0.2, 0.25) is 0 Å². The maximum absolute atomic E-state index is 11.6. The molecular weight excluding hydrogens is 166 g/mol. The van der Waals surface area contributed by atoms with Crippen LogP contribution in [0.2, 0.25) is 0 Å². The van der Waals surface area contributed by atoms with Crippen molar-refractivity contribution in [3.8, 4) is 6.07 Å². The highest BCUT2D eigenvalue weighted by Gasteiger charge is 2.49. The lowest BCUT2D eigenvalue weighted by atomic mass is 9.65. The third-order valence-electron chi connectivity index (χ3n) is 3.24. The van der Waals surface area contributed by atoms with Gasteiger partial charge in [0.1, 0.15) is 5.78 Å². The topological polar surface area (TPSA) is 61.1 Å². The third-order valence-corrected chi connectivity index (χ3v) is 3.24. The van der Waals surface area contributed by atoms with Crippen molar-refractivity contribution in [3.63, 3.8) is 0 Å². The summed E-state index contributed by atoms with van der Waals surface area (Å²) in [6, 6.07) is 1.82. The van der Waals surface area contributed by atoms with Crippen molar-refractivity contribution >= 4 is 5.78 Å². The summed E-state index contributed by atoms with van der Waals surface area (Å²) in [6.07, 6.45) is 2.91. The fourth-order valence-electron chi connectivity index (χ4n) is 1.82. The highest BCUT2D eigenvalue weighted by Crippen LogP contribution is 2.41. The minimum absolute atomic E-state index is 0.0188. The Labute approximate surface area is 78.4 Å². The fourth-order valence-corrected chi connectivity index (χ4v) is 1.82. The van der Waals surface area contributed by atoms with E-state index >= 15 is 0 Å². The van der Waals surface area contributed by atoms with Crippen LogP contribution < -0.4 is 0 Å². The van der Waals surface area contributed by atoms with E-state index in [0.29, 0.717) is 12.8 Å². The molecule has 3 heteroatoms. The van der Waals surface area contributed by atoms with Gasteiger partial charge < -0.3 is 5.11 Å². The number of carbonyl (C=O) groups excluding carboxylic acids is 1. The molecule has 2 atom stereocenters. The summed E-state index contributed by atoms with van der Waals surface area (Å²) in [5.74, 6) is 0.0188. The smallest absolute Gasteiger partial charge is 0.160 e. The van der Waals surface area contributed by atoms with Crippen LogP contribution in [0.3, 0.4) is 0 Å². The first-order chi connectivity index (χ1) is 5.94. The Kier molecular flexibility index (Phi) is 2.44. The normalized spacial score (nSPS) is 33.5. The Bertz CT molecular complexity index is 265. The van der Waals surface area contributed by atoms with Crippen molar-refractivity contribution in [3.05, 3.63) is 0 Å². The minimum Gasteiger partial charge on any atom is -0.375 e. The number of rotatable bonds is 1. The van der Waals surface area contributed by atoms with Crippen molar-refractivity contribution in [2.45, 2.75) is 45.1 Å². The van der Waals surface area contributed by atoms with Gasteiger partial charge in [0.05, 0.1) is 11.5 Å². The summed E-state index contributed by atoms with van der Waals surface area (Å²) in [4.78, 5) is 11.6. The summed E-state index contributed by atoms with van der Waals surface area (Å²) < 4.78 is 0. The van der Waals surface area contributed by atoms with Crippen molar-refractivity contribution in [2.24, 2.45) is 5.41 Å². The molecule has 0 bridgehead atoms. The number of carbonyl (C=O) groups is 1.